The molecule has 33 heavy (non-hydrogen) atoms. The van der Waals surface area contributed by atoms with Crippen LogP contribution in [0.1, 0.15) is 25.3 Å². The molecule has 2 aromatic heterocycles. The first kappa shape index (κ1) is 22.9. The summed E-state index contributed by atoms with van der Waals surface area (Å²) in [6.45, 7) is 2.74. The van der Waals surface area contributed by atoms with Crippen LogP contribution in [-0.2, 0) is 26.2 Å². The lowest BCUT2D eigenvalue weighted by molar-refractivity contribution is -0.149. The first-order valence-electron chi connectivity index (χ1n) is 10.8. The number of piperidine rings is 1. The Morgan fingerprint density at radius 2 is 2.12 bits per heavy atom. The summed E-state index contributed by atoms with van der Waals surface area (Å²) in [5, 5.41) is 6.76. The molecule has 1 aliphatic rings. The number of esters is 1. The van der Waals surface area contributed by atoms with E-state index in [1.54, 1.807) is 43.6 Å². The van der Waals surface area contributed by atoms with E-state index in [1.165, 1.54) is 4.31 Å². The highest BCUT2D eigenvalue weighted by atomic mass is 32.2. The number of carbonyl (C=O) groups excluding carboxylic acids is 1. The van der Waals surface area contributed by atoms with Gasteiger partial charge in [0, 0.05) is 19.3 Å². The lowest BCUT2D eigenvalue weighted by Crippen LogP contribution is -2.42. The maximum absolute atomic E-state index is 13.2. The third kappa shape index (κ3) is 5.40. The summed E-state index contributed by atoms with van der Waals surface area (Å²) in [7, 11) is -3.73. The second-order valence-electron chi connectivity index (χ2n) is 7.74. The standard InChI is InChI=1S/C23H26N4O5S/c1-2-31-23(28)18-6-4-12-27(15-18)33(29,30)20-7-3-5-17(13-20)16-32-19-8-9-21(24-14-19)22-10-11-25-26-22/h3,5,7-11,13-14,18H,2,4,6,12,15-16H2,1H3,(H,25,26)/t18-/m0/s1. The van der Waals surface area contributed by atoms with Crippen LogP contribution in [-0.4, -0.2) is 53.6 Å². The van der Waals surface area contributed by atoms with Crippen molar-refractivity contribution < 1.29 is 22.7 Å². The van der Waals surface area contributed by atoms with Crippen molar-refractivity contribution in [1.82, 2.24) is 19.5 Å². The third-order valence-electron chi connectivity index (χ3n) is 5.46. The number of pyridine rings is 1. The van der Waals surface area contributed by atoms with Gasteiger partial charge in [0.25, 0.3) is 0 Å². The summed E-state index contributed by atoms with van der Waals surface area (Å²) in [5.41, 5.74) is 2.27. The maximum atomic E-state index is 13.2. The van der Waals surface area contributed by atoms with E-state index in [1.807, 2.05) is 18.2 Å². The zero-order chi connectivity index (χ0) is 23.3. The van der Waals surface area contributed by atoms with Gasteiger partial charge in [0.2, 0.25) is 10.0 Å². The topological polar surface area (TPSA) is 114 Å². The molecule has 1 fully saturated rings. The molecule has 9 nitrogen and oxygen atoms in total. The molecule has 174 valence electrons. The highest BCUT2D eigenvalue weighted by Crippen LogP contribution is 2.25. The predicted molar refractivity (Wildman–Crippen MR) is 121 cm³/mol. The molecule has 3 heterocycles. The smallest absolute Gasteiger partial charge is 0.310 e. The van der Waals surface area contributed by atoms with Crippen LogP contribution in [0.5, 0.6) is 5.75 Å². The van der Waals surface area contributed by atoms with Crippen molar-refractivity contribution >= 4 is 16.0 Å². The summed E-state index contributed by atoms with van der Waals surface area (Å²) < 4.78 is 38.7. The number of aromatic nitrogens is 3. The molecule has 1 atom stereocenters. The molecule has 4 rings (SSSR count). The van der Waals surface area contributed by atoms with E-state index < -0.39 is 15.9 Å². The van der Waals surface area contributed by atoms with E-state index in [9.17, 15) is 13.2 Å². The second-order valence-corrected chi connectivity index (χ2v) is 9.68. The van der Waals surface area contributed by atoms with Gasteiger partial charge in [-0.05, 0) is 55.7 Å². The zero-order valence-corrected chi connectivity index (χ0v) is 19.1. The molecule has 1 aliphatic heterocycles. The fourth-order valence-electron chi connectivity index (χ4n) is 3.75. The number of rotatable bonds is 8. The third-order valence-corrected chi connectivity index (χ3v) is 7.32. The van der Waals surface area contributed by atoms with E-state index in [0.29, 0.717) is 30.7 Å². The second kappa shape index (κ2) is 10.1. The van der Waals surface area contributed by atoms with Gasteiger partial charge in [-0.3, -0.25) is 14.9 Å². The molecule has 1 aromatic carbocycles. The van der Waals surface area contributed by atoms with Gasteiger partial charge in [0.1, 0.15) is 12.4 Å². The molecule has 0 amide bonds. The SMILES string of the molecule is CCOC(=O)[C@H]1CCCN(S(=O)(=O)c2cccc(COc3ccc(-c4ccn[nH]4)nc3)c2)C1. The molecule has 0 radical (unpaired) electrons. The largest absolute Gasteiger partial charge is 0.487 e. The van der Waals surface area contributed by atoms with E-state index >= 15 is 0 Å². The molecule has 0 bridgehead atoms. The van der Waals surface area contributed by atoms with Crippen LogP contribution in [0.15, 0.2) is 59.8 Å². The Bertz CT molecular complexity index is 1180. The first-order valence-corrected chi connectivity index (χ1v) is 12.3. The normalized spacial score (nSPS) is 16.9. The quantitative estimate of drug-likeness (QED) is 0.503. The summed E-state index contributed by atoms with van der Waals surface area (Å²) >= 11 is 0. The van der Waals surface area contributed by atoms with E-state index in [2.05, 4.69) is 15.2 Å². The van der Waals surface area contributed by atoms with Crippen LogP contribution in [0.4, 0.5) is 0 Å². The van der Waals surface area contributed by atoms with Gasteiger partial charge in [-0.25, -0.2) is 8.42 Å². The van der Waals surface area contributed by atoms with Gasteiger partial charge in [-0.1, -0.05) is 12.1 Å². The summed E-state index contributed by atoms with van der Waals surface area (Å²) in [6.07, 6.45) is 4.52. The summed E-state index contributed by atoms with van der Waals surface area (Å²) in [4.78, 5) is 16.6. The van der Waals surface area contributed by atoms with Crippen molar-refractivity contribution in [2.75, 3.05) is 19.7 Å². The number of nitrogens with zero attached hydrogens (tertiary/aromatic N) is 3. The van der Waals surface area contributed by atoms with Crippen LogP contribution in [0, 0.1) is 5.92 Å². The van der Waals surface area contributed by atoms with Gasteiger partial charge in [-0.2, -0.15) is 9.40 Å². The van der Waals surface area contributed by atoms with Crippen molar-refractivity contribution in [1.29, 1.82) is 0 Å². The molecule has 0 spiro atoms. The number of carbonyl (C=O) groups is 1. The monoisotopic (exact) mass is 470 g/mol. The lowest BCUT2D eigenvalue weighted by atomic mass is 10.0. The first-order chi connectivity index (χ1) is 16.0. The Labute approximate surface area is 192 Å². The van der Waals surface area contributed by atoms with Crippen molar-refractivity contribution in [2.45, 2.75) is 31.3 Å². The van der Waals surface area contributed by atoms with Gasteiger partial charge in [-0.15, -0.1) is 0 Å². The Kier molecular flexibility index (Phi) is 7.05. The van der Waals surface area contributed by atoms with Gasteiger partial charge in [0.15, 0.2) is 0 Å². The van der Waals surface area contributed by atoms with Gasteiger partial charge < -0.3 is 9.47 Å². The molecular formula is C23H26N4O5S. The minimum Gasteiger partial charge on any atom is -0.487 e. The molecular weight excluding hydrogens is 444 g/mol. The Morgan fingerprint density at radius 3 is 2.85 bits per heavy atom. The number of sulfonamides is 1. The van der Waals surface area contributed by atoms with E-state index in [4.69, 9.17) is 9.47 Å². The van der Waals surface area contributed by atoms with Crippen LogP contribution < -0.4 is 4.74 Å². The van der Waals surface area contributed by atoms with Crippen molar-refractivity contribution in [2.24, 2.45) is 5.92 Å². The number of H-pyrrole nitrogens is 1. The average molecular weight is 471 g/mol. The van der Waals surface area contributed by atoms with Crippen LogP contribution in [0.25, 0.3) is 11.4 Å². The Morgan fingerprint density at radius 1 is 1.24 bits per heavy atom. The number of hydrogen-bond acceptors (Lipinski definition) is 7. The van der Waals surface area contributed by atoms with Crippen molar-refractivity contribution in [3.8, 4) is 17.1 Å². The minimum atomic E-state index is -3.73. The number of nitrogens with one attached hydrogen (secondary N) is 1. The number of benzene rings is 1. The number of hydrogen-bond donors (Lipinski definition) is 1. The van der Waals surface area contributed by atoms with Crippen LogP contribution in [0.2, 0.25) is 0 Å². The fraction of sp³-hybridized carbons (Fsp3) is 0.348. The summed E-state index contributed by atoms with van der Waals surface area (Å²) in [6, 6.07) is 12.1. The average Bonchev–Trinajstić information content (AvgIpc) is 3.39. The number of aromatic amines is 1. The lowest BCUT2D eigenvalue weighted by Gasteiger charge is -2.30. The molecule has 1 N–H and O–H groups in total. The zero-order valence-electron chi connectivity index (χ0n) is 18.3. The Balaban J connectivity index is 1.42. The minimum absolute atomic E-state index is 0.135. The molecule has 3 aromatic rings. The molecule has 1 saturated heterocycles. The van der Waals surface area contributed by atoms with E-state index in [0.717, 1.165) is 11.4 Å². The summed E-state index contributed by atoms with van der Waals surface area (Å²) in [5.74, 6) is -0.205. The molecule has 10 heteroatoms. The van der Waals surface area contributed by atoms with Gasteiger partial charge in [0.05, 0.1) is 35.0 Å². The maximum Gasteiger partial charge on any atom is 0.310 e. The van der Waals surface area contributed by atoms with E-state index in [-0.39, 0.29) is 30.6 Å². The van der Waals surface area contributed by atoms with Crippen molar-refractivity contribution in [3.05, 3.63) is 60.4 Å². The van der Waals surface area contributed by atoms with Gasteiger partial charge >= 0.3 is 5.97 Å². The molecule has 0 aliphatic carbocycles. The number of ether oxygens (including phenoxy) is 2. The predicted octanol–water partition coefficient (Wildman–Crippen LogP) is 3.01. The van der Waals surface area contributed by atoms with Crippen molar-refractivity contribution in [3.63, 3.8) is 0 Å². The highest BCUT2D eigenvalue weighted by molar-refractivity contribution is 7.89. The van der Waals surface area contributed by atoms with Crippen LogP contribution >= 0.6 is 0 Å². The molecule has 0 saturated carbocycles. The van der Waals surface area contributed by atoms with Crippen LogP contribution in [0.3, 0.4) is 0 Å². The molecule has 0 unspecified atom stereocenters. The Hall–Kier alpha value is -3.24. The fourth-order valence-corrected chi connectivity index (χ4v) is 5.34. The highest BCUT2D eigenvalue weighted by Gasteiger charge is 2.34.